The van der Waals surface area contributed by atoms with Crippen LogP contribution in [0.5, 0.6) is 0 Å². The second kappa shape index (κ2) is 6.85. The number of aliphatic hydroxyl groups is 1. The summed E-state index contributed by atoms with van der Waals surface area (Å²) in [6, 6.07) is 15.7. The fourth-order valence-corrected chi connectivity index (χ4v) is 3.66. The quantitative estimate of drug-likeness (QED) is 0.856. The van der Waals surface area contributed by atoms with Crippen LogP contribution in [0.15, 0.2) is 59.5 Å². The van der Waals surface area contributed by atoms with Gasteiger partial charge in [0.15, 0.2) is 0 Å². The molecule has 4 nitrogen and oxygen atoms in total. The molecule has 2 aromatic rings. The van der Waals surface area contributed by atoms with Crippen LogP contribution in [0.3, 0.4) is 0 Å². The Morgan fingerprint density at radius 2 is 1.67 bits per heavy atom. The van der Waals surface area contributed by atoms with E-state index in [0.717, 1.165) is 5.56 Å². The Bertz CT molecular complexity index is 684. The van der Waals surface area contributed by atoms with E-state index in [2.05, 4.69) is 4.72 Å². The summed E-state index contributed by atoms with van der Waals surface area (Å²) in [5.74, 6) is 0. The molecule has 2 N–H and O–H groups in total. The van der Waals surface area contributed by atoms with Gasteiger partial charge in [-0.2, -0.15) is 0 Å². The van der Waals surface area contributed by atoms with Crippen molar-refractivity contribution in [2.24, 2.45) is 0 Å². The molecule has 2 rings (SSSR count). The molecule has 0 heterocycles. The van der Waals surface area contributed by atoms with Gasteiger partial charge in [0, 0.05) is 6.04 Å². The zero-order chi connectivity index (χ0) is 15.3. The van der Waals surface area contributed by atoms with Crippen LogP contribution in [0.1, 0.15) is 11.1 Å². The summed E-state index contributed by atoms with van der Waals surface area (Å²) in [5.41, 5.74) is 1.66. The second-order valence-electron chi connectivity index (χ2n) is 4.96. The molecule has 0 aliphatic carbocycles. The average molecular weight is 305 g/mol. The first kappa shape index (κ1) is 15.7. The standard InChI is InChI=1S/C16H19NO3S/c1-13-7-5-6-10-16(13)21(19,20)17-15(12-18)11-14-8-3-2-4-9-14/h2-10,15,17-18H,11-12H2,1H3. The third kappa shape index (κ3) is 4.14. The Labute approximate surface area is 125 Å². The molecule has 0 aliphatic heterocycles. The van der Waals surface area contributed by atoms with Crippen LogP contribution in [0.2, 0.25) is 0 Å². The van der Waals surface area contributed by atoms with E-state index in [1.807, 2.05) is 30.3 Å². The van der Waals surface area contributed by atoms with E-state index < -0.39 is 16.1 Å². The monoisotopic (exact) mass is 305 g/mol. The molecule has 0 spiro atoms. The van der Waals surface area contributed by atoms with Gasteiger partial charge in [-0.1, -0.05) is 48.5 Å². The molecule has 2 aromatic carbocycles. The van der Waals surface area contributed by atoms with E-state index in [1.165, 1.54) is 0 Å². The first-order valence-electron chi connectivity index (χ1n) is 6.75. The lowest BCUT2D eigenvalue weighted by atomic mass is 10.1. The SMILES string of the molecule is Cc1ccccc1S(=O)(=O)NC(CO)Cc1ccccc1. The molecule has 0 amide bonds. The number of rotatable bonds is 6. The molecule has 1 unspecified atom stereocenters. The van der Waals surface area contributed by atoms with E-state index in [1.54, 1.807) is 31.2 Å². The van der Waals surface area contributed by atoms with Crippen LogP contribution in [-0.2, 0) is 16.4 Å². The lowest BCUT2D eigenvalue weighted by molar-refractivity contribution is 0.256. The minimum absolute atomic E-state index is 0.247. The maximum absolute atomic E-state index is 12.4. The highest BCUT2D eigenvalue weighted by Gasteiger charge is 2.21. The van der Waals surface area contributed by atoms with Gasteiger partial charge in [-0.05, 0) is 30.5 Å². The van der Waals surface area contributed by atoms with Gasteiger partial charge in [-0.15, -0.1) is 0 Å². The number of sulfonamides is 1. The van der Waals surface area contributed by atoms with Crippen LogP contribution in [0, 0.1) is 6.92 Å². The lowest BCUT2D eigenvalue weighted by Crippen LogP contribution is -2.39. The molecule has 0 bridgehead atoms. The Balaban J connectivity index is 2.16. The molecule has 21 heavy (non-hydrogen) atoms. The number of aliphatic hydroxyl groups excluding tert-OH is 1. The van der Waals surface area contributed by atoms with Crippen LogP contribution >= 0.6 is 0 Å². The third-order valence-corrected chi connectivity index (χ3v) is 4.93. The highest BCUT2D eigenvalue weighted by Crippen LogP contribution is 2.15. The van der Waals surface area contributed by atoms with Gasteiger partial charge in [0.1, 0.15) is 0 Å². The van der Waals surface area contributed by atoms with Crippen LogP contribution in [0.4, 0.5) is 0 Å². The zero-order valence-electron chi connectivity index (χ0n) is 11.9. The molecule has 112 valence electrons. The summed E-state index contributed by atoms with van der Waals surface area (Å²) >= 11 is 0. The van der Waals surface area contributed by atoms with Crippen molar-refractivity contribution in [1.29, 1.82) is 0 Å². The van der Waals surface area contributed by atoms with Gasteiger partial charge in [-0.3, -0.25) is 0 Å². The minimum Gasteiger partial charge on any atom is -0.395 e. The van der Waals surface area contributed by atoms with Gasteiger partial charge in [-0.25, -0.2) is 13.1 Å². The summed E-state index contributed by atoms with van der Waals surface area (Å²) in [7, 11) is -3.63. The number of hydrogen-bond acceptors (Lipinski definition) is 3. The molecular weight excluding hydrogens is 286 g/mol. The second-order valence-corrected chi connectivity index (χ2v) is 6.64. The Hall–Kier alpha value is -1.69. The predicted molar refractivity (Wildman–Crippen MR) is 82.5 cm³/mol. The Morgan fingerprint density at radius 3 is 2.29 bits per heavy atom. The van der Waals surface area contributed by atoms with Gasteiger partial charge in [0.2, 0.25) is 10.0 Å². The fraction of sp³-hybridized carbons (Fsp3) is 0.250. The van der Waals surface area contributed by atoms with Gasteiger partial charge in [0.05, 0.1) is 11.5 Å². The van der Waals surface area contributed by atoms with Crippen molar-refractivity contribution >= 4 is 10.0 Å². The van der Waals surface area contributed by atoms with Crippen LogP contribution in [-0.4, -0.2) is 26.2 Å². The summed E-state index contributed by atoms with van der Waals surface area (Å²) in [5, 5.41) is 9.44. The number of hydrogen-bond donors (Lipinski definition) is 2. The summed E-state index contributed by atoms with van der Waals surface area (Å²) < 4.78 is 27.4. The van der Waals surface area contributed by atoms with Gasteiger partial charge >= 0.3 is 0 Å². The van der Waals surface area contributed by atoms with E-state index in [9.17, 15) is 13.5 Å². The topological polar surface area (TPSA) is 66.4 Å². The number of aryl methyl sites for hydroxylation is 1. The van der Waals surface area contributed by atoms with Crippen LogP contribution in [0.25, 0.3) is 0 Å². The molecular formula is C16H19NO3S. The van der Waals surface area contributed by atoms with E-state index in [4.69, 9.17) is 0 Å². The largest absolute Gasteiger partial charge is 0.395 e. The smallest absolute Gasteiger partial charge is 0.241 e. The van der Waals surface area contributed by atoms with Crippen molar-refractivity contribution in [2.45, 2.75) is 24.3 Å². The van der Waals surface area contributed by atoms with Crippen molar-refractivity contribution in [3.63, 3.8) is 0 Å². The lowest BCUT2D eigenvalue weighted by Gasteiger charge is -2.17. The Morgan fingerprint density at radius 1 is 1.05 bits per heavy atom. The summed E-state index contributed by atoms with van der Waals surface area (Å²) in [6.07, 6.45) is 0.447. The fourth-order valence-electron chi connectivity index (χ4n) is 2.18. The van der Waals surface area contributed by atoms with E-state index in [-0.39, 0.29) is 11.5 Å². The first-order chi connectivity index (χ1) is 10.0. The molecule has 0 saturated heterocycles. The molecule has 1 atom stereocenters. The van der Waals surface area contributed by atoms with E-state index in [0.29, 0.717) is 12.0 Å². The van der Waals surface area contributed by atoms with Crippen molar-refractivity contribution in [2.75, 3.05) is 6.61 Å². The first-order valence-corrected chi connectivity index (χ1v) is 8.24. The maximum atomic E-state index is 12.4. The highest BCUT2D eigenvalue weighted by atomic mass is 32.2. The van der Waals surface area contributed by atoms with Crippen molar-refractivity contribution < 1.29 is 13.5 Å². The Kier molecular flexibility index (Phi) is 5.12. The molecule has 5 heteroatoms. The summed E-state index contributed by atoms with van der Waals surface area (Å²) in [6.45, 7) is 1.50. The molecule has 0 aromatic heterocycles. The number of nitrogens with one attached hydrogen (secondary N) is 1. The molecule has 0 radical (unpaired) electrons. The van der Waals surface area contributed by atoms with Crippen molar-refractivity contribution in [1.82, 2.24) is 4.72 Å². The minimum atomic E-state index is -3.63. The van der Waals surface area contributed by atoms with E-state index >= 15 is 0 Å². The van der Waals surface area contributed by atoms with Gasteiger partial charge in [0.25, 0.3) is 0 Å². The third-order valence-electron chi connectivity index (χ3n) is 3.25. The van der Waals surface area contributed by atoms with Gasteiger partial charge < -0.3 is 5.11 Å². The predicted octanol–water partition coefficient (Wildman–Crippen LogP) is 1.88. The van der Waals surface area contributed by atoms with Crippen LogP contribution < -0.4 is 4.72 Å². The highest BCUT2D eigenvalue weighted by molar-refractivity contribution is 7.89. The number of benzene rings is 2. The van der Waals surface area contributed by atoms with Crippen molar-refractivity contribution in [3.05, 3.63) is 65.7 Å². The zero-order valence-corrected chi connectivity index (χ0v) is 12.7. The molecule has 0 fully saturated rings. The molecule has 0 saturated carbocycles. The average Bonchev–Trinajstić information content (AvgIpc) is 2.47. The molecule has 0 aliphatic rings. The normalized spacial score (nSPS) is 13.0. The summed E-state index contributed by atoms with van der Waals surface area (Å²) in [4.78, 5) is 0.247. The maximum Gasteiger partial charge on any atom is 0.241 e. The van der Waals surface area contributed by atoms with Crippen molar-refractivity contribution in [3.8, 4) is 0 Å².